The van der Waals surface area contributed by atoms with Gasteiger partial charge < -0.3 is 0 Å². The third-order valence-corrected chi connectivity index (χ3v) is 10.8. The molecule has 2 heterocycles. The molecule has 11 heteroatoms. The number of carbonyl (C=O) groups excluding carboxylic acids is 1. The molecule has 0 radical (unpaired) electrons. The van der Waals surface area contributed by atoms with Gasteiger partial charge in [-0.05, 0) is 60.9 Å². The van der Waals surface area contributed by atoms with Crippen LogP contribution in [-0.4, -0.2) is 51.4 Å². The third kappa shape index (κ3) is 6.06. The topological polar surface area (TPSA) is 105 Å². The highest BCUT2D eigenvalue weighted by molar-refractivity contribution is 7.90. The van der Waals surface area contributed by atoms with Gasteiger partial charge in [-0.3, -0.25) is 9.69 Å². The minimum atomic E-state index is -3.63. The molecular weight excluding hydrogens is 555 g/mol. The fourth-order valence-electron chi connectivity index (χ4n) is 4.59. The van der Waals surface area contributed by atoms with Crippen molar-refractivity contribution in [3.8, 4) is 0 Å². The number of sulfone groups is 1. The molecule has 1 aliphatic rings. The summed E-state index contributed by atoms with van der Waals surface area (Å²) < 4.78 is 52.7. The van der Waals surface area contributed by atoms with Gasteiger partial charge in [0.25, 0.3) is 5.91 Å². The van der Waals surface area contributed by atoms with Gasteiger partial charge in [-0.2, -0.15) is 4.31 Å². The van der Waals surface area contributed by atoms with Crippen LogP contribution in [0.5, 0.6) is 0 Å². The van der Waals surface area contributed by atoms with Crippen molar-refractivity contribution in [2.45, 2.75) is 42.0 Å². The maximum absolute atomic E-state index is 13.8. The summed E-state index contributed by atoms with van der Waals surface area (Å²) in [7, 11) is -7.03. The Hall–Kier alpha value is -3.12. The first-order valence-corrected chi connectivity index (χ1v) is 16.8. The number of carbonyl (C=O) groups is 1. The second kappa shape index (κ2) is 11.2. The van der Waals surface area contributed by atoms with Gasteiger partial charge in [-0.1, -0.05) is 54.5 Å². The molecule has 8 nitrogen and oxygen atoms in total. The second-order valence-electron chi connectivity index (χ2n) is 9.62. The molecular formula is C28H29N3O5S3. The fraction of sp³-hybridized carbons (Fsp3) is 0.286. The predicted molar refractivity (Wildman–Crippen MR) is 153 cm³/mol. The fourth-order valence-corrected chi connectivity index (χ4v) is 7.83. The number of thiazole rings is 1. The van der Waals surface area contributed by atoms with Crippen molar-refractivity contribution in [1.82, 2.24) is 9.29 Å². The van der Waals surface area contributed by atoms with Gasteiger partial charge in [0.1, 0.15) is 0 Å². The van der Waals surface area contributed by atoms with Crippen LogP contribution in [0.2, 0.25) is 0 Å². The largest absolute Gasteiger partial charge is 0.279 e. The normalized spacial score (nSPS) is 15.2. The molecule has 3 aromatic carbocycles. The van der Waals surface area contributed by atoms with Crippen LogP contribution in [0.4, 0.5) is 5.13 Å². The smallest absolute Gasteiger partial charge is 0.260 e. The number of nitrogens with zero attached hydrogens (tertiary/aromatic N) is 3. The molecule has 0 bridgehead atoms. The molecule has 1 fully saturated rings. The van der Waals surface area contributed by atoms with Gasteiger partial charge in [0.15, 0.2) is 15.0 Å². The lowest BCUT2D eigenvalue weighted by Gasteiger charge is -2.21. The summed E-state index contributed by atoms with van der Waals surface area (Å²) in [5, 5.41) is 0.422. The Labute approximate surface area is 232 Å². The Morgan fingerprint density at radius 1 is 0.872 bits per heavy atom. The molecule has 5 rings (SSSR count). The van der Waals surface area contributed by atoms with E-state index in [2.05, 4.69) is 4.98 Å². The van der Waals surface area contributed by atoms with E-state index in [1.165, 1.54) is 33.8 Å². The zero-order chi connectivity index (χ0) is 27.6. The van der Waals surface area contributed by atoms with Gasteiger partial charge in [-0.25, -0.2) is 21.8 Å². The van der Waals surface area contributed by atoms with E-state index in [1.54, 1.807) is 29.2 Å². The van der Waals surface area contributed by atoms with Crippen LogP contribution < -0.4 is 4.90 Å². The Kier molecular flexibility index (Phi) is 7.86. The molecule has 1 aromatic heterocycles. The van der Waals surface area contributed by atoms with Crippen LogP contribution in [0, 0.1) is 0 Å². The SMILES string of the molecule is CS(=O)(=O)c1ccc2nc(N(Cc3ccccc3)C(=O)c3ccc(S(=O)(=O)N4CCCCCC4)cc3)sc2c1. The van der Waals surface area contributed by atoms with Crippen molar-refractivity contribution in [1.29, 1.82) is 0 Å². The molecule has 1 amide bonds. The van der Waals surface area contributed by atoms with E-state index < -0.39 is 19.9 Å². The summed E-state index contributed by atoms with van der Waals surface area (Å²) in [5.41, 5.74) is 1.81. The molecule has 1 aliphatic heterocycles. The van der Waals surface area contributed by atoms with Crippen molar-refractivity contribution in [3.63, 3.8) is 0 Å². The molecule has 39 heavy (non-hydrogen) atoms. The van der Waals surface area contributed by atoms with E-state index in [0.717, 1.165) is 37.5 Å². The van der Waals surface area contributed by atoms with E-state index in [-0.39, 0.29) is 22.2 Å². The average molecular weight is 584 g/mol. The summed E-state index contributed by atoms with van der Waals surface area (Å²) >= 11 is 1.23. The molecule has 0 N–H and O–H groups in total. The van der Waals surface area contributed by atoms with E-state index in [4.69, 9.17) is 0 Å². The van der Waals surface area contributed by atoms with Crippen molar-refractivity contribution < 1.29 is 21.6 Å². The second-order valence-corrected chi connectivity index (χ2v) is 14.6. The van der Waals surface area contributed by atoms with Crippen LogP contribution in [0.25, 0.3) is 10.2 Å². The summed E-state index contributed by atoms with van der Waals surface area (Å²) in [6, 6.07) is 20.3. The first kappa shape index (κ1) is 27.4. The number of fused-ring (bicyclic) bond motifs is 1. The number of amides is 1. The number of benzene rings is 3. The van der Waals surface area contributed by atoms with Crippen molar-refractivity contribution in [2.75, 3.05) is 24.2 Å². The highest BCUT2D eigenvalue weighted by atomic mass is 32.2. The number of rotatable bonds is 7. The van der Waals surface area contributed by atoms with Crippen LogP contribution in [-0.2, 0) is 26.4 Å². The quantitative estimate of drug-likeness (QED) is 0.299. The minimum absolute atomic E-state index is 0.170. The van der Waals surface area contributed by atoms with Crippen LogP contribution in [0.1, 0.15) is 41.6 Å². The molecule has 0 spiro atoms. The molecule has 0 atom stereocenters. The zero-order valence-electron chi connectivity index (χ0n) is 21.5. The Bertz CT molecular complexity index is 1690. The number of anilines is 1. The minimum Gasteiger partial charge on any atom is -0.279 e. The summed E-state index contributed by atoms with van der Waals surface area (Å²) in [4.78, 5) is 20.3. The van der Waals surface area contributed by atoms with Gasteiger partial charge in [0.2, 0.25) is 10.0 Å². The van der Waals surface area contributed by atoms with Gasteiger partial charge in [0, 0.05) is 24.9 Å². The number of sulfonamides is 1. The highest BCUT2D eigenvalue weighted by Crippen LogP contribution is 2.32. The zero-order valence-corrected chi connectivity index (χ0v) is 23.9. The number of hydrogen-bond acceptors (Lipinski definition) is 7. The van der Waals surface area contributed by atoms with Crippen LogP contribution in [0.15, 0.2) is 82.6 Å². The Balaban J connectivity index is 1.48. The van der Waals surface area contributed by atoms with Crippen molar-refractivity contribution >= 4 is 52.5 Å². The molecule has 0 unspecified atom stereocenters. The number of hydrogen-bond donors (Lipinski definition) is 0. The molecule has 1 saturated heterocycles. The van der Waals surface area contributed by atoms with Crippen LogP contribution >= 0.6 is 11.3 Å². The van der Waals surface area contributed by atoms with Crippen molar-refractivity contribution in [2.24, 2.45) is 0 Å². The summed E-state index contributed by atoms with van der Waals surface area (Å²) in [6.07, 6.45) is 4.89. The first-order valence-electron chi connectivity index (χ1n) is 12.7. The van der Waals surface area contributed by atoms with E-state index >= 15 is 0 Å². The summed E-state index contributed by atoms with van der Waals surface area (Å²) in [6.45, 7) is 1.26. The molecule has 0 saturated carbocycles. The predicted octanol–water partition coefficient (Wildman–Crippen LogP) is 5.11. The maximum atomic E-state index is 13.8. The third-order valence-electron chi connectivity index (χ3n) is 6.74. The molecule has 4 aromatic rings. The lowest BCUT2D eigenvalue weighted by Crippen LogP contribution is -2.32. The monoisotopic (exact) mass is 583 g/mol. The Morgan fingerprint density at radius 3 is 2.15 bits per heavy atom. The first-order chi connectivity index (χ1) is 18.6. The molecule has 204 valence electrons. The highest BCUT2D eigenvalue weighted by Gasteiger charge is 2.27. The van der Waals surface area contributed by atoms with E-state index in [1.807, 2.05) is 30.3 Å². The van der Waals surface area contributed by atoms with Gasteiger partial charge in [-0.15, -0.1) is 0 Å². The van der Waals surface area contributed by atoms with Gasteiger partial charge in [0.05, 0.1) is 26.6 Å². The standard InChI is InChI=1S/C28H29N3O5S3/c1-38(33,34)24-15-16-25-26(19-24)37-28(29-25)31(20-21-9-5-4-6-10-21)27(32)22-11-13-23(14-12-22)39(35,36)30-17-7-2-3-8-18-30/h4-6,9-16,19H,2-3,7-8,17-18,20H2,1H3. The average Bonchev–Trinajstić information content (AvgIpc) is 3.14. The lowest BCUT2D eigenvalue weighted by atomic mass is 10.1. The summed E-state index contributed by atoms with van der Waals surface area (Å²) in [5.74, 6) is -0.333. The lowest BCUT2D eigenvalue weighted by molar-refractivity contribution is 0.0985. The molecule has 0 aliphatic carbocycles. The van der Waals surface area contributed by atoms with E-state index in [9.17, 15) is 21.6 Å². The number of aromatic nitrogens is 1. The van der Waals surface area contributed by atoms with Crippen molar-refractivity contribution in [3.05, 3.63) is 83.9 Å². The van der Waals surface area contributed by atoms with E-state index in [0.29, 0.717) is 34.0 Å². The Morgan fingerprint density at radius 2 is 1.51 bits per heavy atom. The maximum Gasteiger partial charge on any atom is 0.260 e. The van der Waals surface area contributed by atoms with Gasteiger partial charge >= 0.3 is 0 Å². The van der Waals surface area contributed by atoms with Crippen LogP contribution in [0.3, 0.4) is 0 Å².